The van der Waals surface area contributed by atoms with Crippen LogP contribution in [0.15, 0.2) is 18.7 Å². The van der Waals surface area contributed by atoms with Crippen LogP contribution in [0.25, 0.3) is 0 Å². The minimum Gasteiger partial charge on any atom is -0.544 e. The number of hydrogen-bond acceptors (Lipinski definition) is 5. The Morgan fingerprint density at radius 2 is 1.95 bits per heavy atom. The molecule has 0 saturated carbocycles. The molecule has 0 aliphatic rings. The van der Waals surface area contributed by atoms with E-state index in [0.29, 0.717) is 4.48 Å². The molecule has 0 radical (unpaired) electrons. The fraction of sp³-hybridized carbons (Fsp3) is 0.583. The van der Waals surface area contributed by atoms with Crippen LogP contribution in [-0.2, 0) is 15.3 Å². The Morgan fingerprint density at radius 1 is 1.40 bits per heavy atom. The van der Waals surface area contributed by atoms with E-state index in [-0.39, 0.29) is 13.0 Å². The van der Waals surface area contributed by atoms with Gasteiger partial charge in [0.2, 0.25) is 0 Å². The molecule has 0 aromatic carbocycles. The summed E-state index contributed by atoms with van der Waals surface area (Å²) in [5.41, 5.74) is -1.40. The molecule has 0 spiro atoms. The lowest BCUT2D eigenvalue weighted by atomic mass is 10.2. The minimum atomic E-state index is -1.40. The maximum Gasteiger partial charge on any atom is 0.308 e. The summed E-state index contributed by atoms with van der Waals surface area (Å²) in [5.74, 6) is -2.05. The van der Waals surface area contributed by atoms with Crippen molar-refractivity contribution in [3.63, 3.8) is 0 Å². The second kappa shape index (κ2) is 7.01. The van der Waals surface area contributed by atoms with Gasteiger partial charge in [-0.3, -0.25) is 4.79 Å². The third kappa shape index (κ3) is 8.22. The molecule has 2 N–H and O–H groups in total. The van der Waals surface area contributed by atoms with Crippen LogP contribution in [0.3, 0.4) is 0 Å². The highest BCUT2D eigenvalue weighted by atomic mass is 16.4. The monoisotopic (exact) mass is 287 g/mol. The van der Waals surface area contributed by atoms with Crippen LogP contribution >= 0.6 is 0 Å². The Bertz CT molecular complexity index is 434. The average Bonchev–Trinajstić information content (AvgIpc) is 2.63. The fourth-order valence-electron chi connectivity index (χ4n) is 1.31. The number of likely N-dealkylation sites (N-methyl/N-ethyl adjacent to an activating group) is 1. The zero-order chi connectivity index (χ0) is 16.0. The number of rotatable bonds is 5. The standard InChI is InChI=1S/C7H10N2O3.C5H11NO2/c1-7(12,4-6(10)11)9-3-2-8-5-9;1-6(2,3)4-5(7)8/h2-3,5,12H,4H2,1H3,(H,10,11);4H2,1-3H3. The highest BCUT2D eigenvalue weighted by molar-refractivity contribution is 5.67. The molecule has 1 rings (SSSR count). The molecule has 1 aromatic rings. The van der Waals surface area contributed by atoms with Crippen molar-refractivity contribution in [1.29, 1.82) is 0 Å². The molecule has 8 nitrogen and oxygen atoms in total. The molecule has 0 fully saturated rings. The number of nitrogens with zero attached hydrogens (tertiary/aromatic N) is 3. The summed E-state index contributed by atoms with van der Waals surface area (Å²) in [7, 11) is 5.40. The summed E-state index contributed by atoms with van der Waals surface area (Å²) in [6, 6.07) is 0. The van der Waals surface area contributed by atoms with Crippen LogP contribution in [0.4, 0.5) is 0 Å². The molecular weight excluding hydrogens is 266 g/mol. The number of aromatic nitrogens is 2. The third-order valence-corrected chi connectivity index (χ3v) is 2.15. The van der Waals surface area contributed by atoms with E-state index in [9.17, 15) is 19.8 Å². The van der Waals surface area contributed by atoms with E-state index < -0.39 is 17.7 Å². The van der Waals surface area contributed by atoms with Crippen LogP contribution in [0.5, 0.6) is 0 Å². The topological polar surface area (TPSA) is 115 Å². The van der Waals surface area contributed by atoms with E-state index >= 15 is 0 Å². The van der Waals surface area contributed by atoms with E-state index in [2.05, 4.69) is 4.98 Å². The van der Waals surface area contributed by atoms with E-state index in [1.54, 1.807) is 21.1 Å². The number of aliphatic carboxylic acids is 2. The molecule has 1 heterocycles. The number of carboxylic acids is 2. The Kier molecular flexibility index (Phi) is 6.34. The first-order valence-corrected chi connectivity index (χ1v) is 5.87. The predicted octanol–water partition coefficient (Wildman–Crippen LogP) is -1.53. The number of quaternary nitrogens is 1. The largest absolute Gasteiger partial charge is 0.544 e. The van der Waals surface area contributed by atoms with Gasteiger partial charge in [0.05, 0.1) is 39.9 Å². The van der Waals surface area contributed by atoms with E-state index in [4.69, 9.17) is 5.11 Å². The molecule has 0 amide bonds. The molecule has 1 aromatic heterocycles. The lowest BCUT2D eigenvalue weighted by molar-refractivity contribution is -0.864. The molecule has 0 saturated heterocycles. The Hall–Kier alpha value is -1.93. The predicted molar refractivity (Wildman–Crippen MR) is 68.3 cm³/mol. The molecule has 1 unspecified atom stereocenters. The molecule has 1 atom stereocenters. The molecule has 20 heavy (non-hydrogen) atoms. The first-order chi connectivity index (χ1) is 8.94. The maximum atomic E-state index is 10.3. The molecule has 0 aliphatic carbocycles. The lowest BCUT2D eigenvalue weighted by Crippen LogP contribution is -2.45. The summed E-state index contributed by atoms with van der Waals surface area (Å²) >= 11 is 0. The summed E-state index contributed by atoms with van der Waals surface area (Å²) in [6.07, 6.45) is 4.03. The number of carboxylic acid groups (broad SMARTS) is 2. The van der Waals surface area contributed by atoms with Crippen LogP contribution in [0.2, 0.25) is 0 Å². The van der Waals surface area contributed by atoms with Gasteiger partial charge in [0.1, 0.15) is 12.3 Å². The van der Waals surface area contributed by atoms with Crippen LogP contribution in [0.1, 0.15) is 13.3 Å². The Labute approximate surface area is 117 Å². The molecule has 0 bridgehead atoms. The van der Waals surface area contributed by atoms with Crippen LogP contribution in [-0.4, -0.2) is 63.9 Å². The highest BCUT2D eigenvalue weighted by Crippen LogP contribution is 2.15. The van der Waals surface area contributed by atoms with Crippen molar-refractivity contribution in [2.24, 2.45) is 0 Å². The zero-order valence-electron chi connectivity index (χ0n) is 12.1. The number of carbonyl (C=O) groups is 2. The van der Waals surface area contributed by atoms with Crippen molar-refractivity contribution in [3.05, 3.63) is 18.7 Å². The highest BCUT2D eigenvalue weighted by Gasteiger charge is 2.25. The summed E-state index contributed by atoms with van der Waals surface area (Å²) in [4.78, 5) is 23.9. The SMILES string of the molecule is CC(O)(CC(=O)O)n1ccnc1.C[N+](C)(C)CC(=O)[O-]. The van der Waals surface area contributed by atoms with Crippen molar-refractivity contribution >= 4 is 11.9 Å². The first-order valence-electron chi connectivity index (χ1n) is 5.87. The molecule has 0 aliphatic heterocycles. The normalized spacial score (nSPS) is 13.8. The first kappa shape index (κ1) is 18.1. The van der Waals surface area contributed by atoms with E-state index in [1.165, 1.54) is 30.2 Å². The molecular formula is C12H21N3O5. The minimum absolute atomic E-state index is 0.0694. The van der Waals surface area contributed by atoms with E-state index in [0.717, 1.165) is 0 Å². The second-order valence-electron chi connectivity index (χ2n) is 5.58. The van der Waals surface area contributed by atoms with Crippen LogP contribution in [0, 0.1) is 0 Å². The lowest BCUT2D eigenvalue weighted by Gasteiger charge is -2.23. The Balaban J connectivity index is 0.000000396. The van der Waals surface area contributed by atoms with Crippen molar-refractivity contribution in [1.82, 2.24) is 9.55 Å². The average molecular weight is 287 g/mol. The quantitative estimate of drug-likeness (QED) is 0.634. The van der Waals surface area contributed by atoms with Gasteiger partial charge in [-0.2, -0.15) is 0 Å². The van der Waals surface area contributed by atoms with Crippen LogP contribution < -0.4 is 5.11 Å². The van der Waals surface area contributed by atoms with Gasteiger partial charge >= 0.3 is 5.97 Å². The fourth-order valence-corrected chi connectivity index (χ4v) is 1.31. The number of carbonyl (C=O) groups excluding carboxylic acids is 1. The van der Waals surface area contributed by atoms with Gasteiger partial charge in [0, 0.05) is 12.4 Å². The van der Waals surface area contributed by atoms with Crippen molar-refractivity contribution in [2.75, 3.05) is 27.7 Å². The van der Waals surface area contributed by atoms with Gasteiger partial charge in [-0.1, -0.05) is 0 Å². The number of imidazole rings is 1. The number of hydrogen-bond donors (Lipinski definition) is 2. The zero-order valence-corrected chi connectivity index (χ0v) is 12.1. The molecule has 8 heteroatoms. The van der Waals surface area contributed by atoms with Gasteiger partial charge in [0.15, 0.2) is 0 Å². The maximum absolute atomic E-state index is 10.3. The van der Waals surface area contributed by atoms with Gasteiger partial charge in [-0.15, -0.1) is 0 Å². The number of aliphatic hydroxyl groups is 1. The summed E-state index contributed by atoms with van der Waals surface area (Å²) in [6.45, 7) is 1.49. The third-order valence-electron chi connectivity index (χ3n) is 2.15. The van der Waals surface area contributed by atoms with Gasteiger partial charge in [-0.25, -0.2) is 4.98 Å². The van der Waals surface area contributed by atoms with E-state index in [1.807, 2.05) is 0 Å². The van der Waals surface area contributed by atoms with Crippen molar-refractivity contribution in [3.8, 4) is 0 Å². The van der Waals surface area contributed by atoms with Crippen molar-refractivity contribution < 1.29 is 29.4 Å². The summed E-state index contributed by atoms with van der Waals surface area (Å²) in [5, 5.41) is 27.9. The van der Waals surface area contributed by atoms with Gasteiger partial charge < -0.3 is 29.2 Å². The van der Waals surface area contributed by atoms with Gasteiger partial charge in [-0.05, 0) is 6.92 Å². The second-order valence-corrected chi connectivity index (χ2v) is 5.58. The molecule has 114 valence electrons. The van der Waals surface area contributed by atoms with Gasteiger partial charge in [0.25, 0.3) is 0 Å². The summed E-state index contributed by atoms with van der Waals surface area (Å²) < 4.78 is 1.77. The smallest absolute Gasteiger partial charge is 0.308 e. The Morgan fingerprint density at radius 3 is 2.20 bits per heavy atom. The van der Waals surface area contributed by atoms with Crippen molar-refractivity contribution in [2.45, 2.75) is 19.1 Å².